The second kappa shape index (κ2) is 8.77. The zero-order valence-corrected chi connectivity index (χ0v) is 14.7. The van der Waals surface area contributed by atoms with Gasteiger partial charge in [-0.2, -0.15) is 0 Å². The first-order valence-electron chi connectivity index (χ1n) is 8.08. The Labute approximate surface area is 141 Å². The Hall–Kier alpha value is -1.75. The fourth-order valence-electron chi connectivity index (χ4n) is 2.11. The Morgan fingerprint density at radius 3 is 2.13 bits per heavy atom. The van der Waals surface area contributed by atoms with Crippen LogP contribution in [0.1, 0.15) is 40.0 Å². The number of hydrogen-bond acceptors (Lipinski definition) is 5. The highest BCUT2D eigenvalue weighted by atomic mass is 35.5. The molecule has 0 aliphatic rings. The standard InChI is InChI=1S/C17H23ClN2O3/c1-4-7-21-13-10-12-14(17(18)20-11-19-12)16(23-9-6-3)15(13)22-8-5-2/h10-11H,4-9H2,1-3H3. The molecule has 0 amide bonds. The summed E-state index contributed by atoms with van der Waals surface area (Å²) in [4.78, 5) is 8.36. The molecule has 1 heterocycles. The quantitative estimate of drug-likeness (QED) is 0.623. The normalized spacial score (nSPS) is 10.8. The average molecular weight is 339 g/mol. The molecule has 0 unspecified atom stereocenters. The number of rotatable bonds is 9. The Balaban J connectivity index is 2.61. The fourth-order valence-corrected chi connectivity index (χ4v) is 2.34. The van der Waals surface area contributed by atoms with Gasteiger partial charge in [0, 0.05) is 6.07 Å². The van der Waals surface area contributed by atoms with Gasteiger partial charge in [0.25, 0.3) is 0 Å². The highest BCUT2D eigenvalue weighted by molar-refractivity contribution is 6.34. The van der Waals surface area contributed by atoms with E-state index in [9.17, 15) is 0 Å². The van der Waals surface area contributed by atoms with Crippen molar-refractivity contribution in [2.45, 2.75) is 40.0 Å². The van der Waals surface area contributed by atoms with Crippen LogP contribution >= 0.6 is 11.6 Å². The summed E-state index contributed by atoms with van der Waals surface area (Å²) in [6, 6.07) is 1.84. The van der Waals surface area contributed by atoms with Gasteiger partial charge < -0.3 is 14.2 Å². The predicted octanol–water partition coefficient (Wildman–Crippen LogP) is 4.65. The van der Waals surface area contributed by atoms with E-state index in [0.717, 1.165) is 19.3 Å². The molecule has 2 rings (SSSR count). The molecule has 126 valence electrons. The van der Waals surface area contributed by atoms with E-state index in [1.807, 2.05) is 13.0 Å². The van der Waals surface area contributed by atoms with Crippen molar-refractivity contribution in [3.8, 4) is 17.2 Å². The van der Waals surface area contributed by atoms with Crippen LogP contribution in [-0.2, 0) is 0 Å². The molecule has 5 nitrogen and oxygen atoms in total. The van der Waals surface area contributed by atoms with Crippen LogP contribution in [-0.4, -0.2) is 29.8 Å². The zero-order chi connectivity index (χ0) is 16.7. The molecule has 0 bridgehead atoms. The number of hydrogen-bond donors (Lipinski definition) is 0. The van der Waals surface area contributed by atoms with Gasteiger partial charge in [-0.25, -0.2) is 9.97 Å². The molecule has 0 saturated carbocycles. The van der Waals surface area contributed by atoms with Gasteiger partial charge in [0.15, 0.2) is 11.5 Å². The average Bonchev–Trinajstić information content (AvgIpc) is 2.56. The summed E-state index contributed by atoms with van der Waals surface area (Å²) in [5.74, 6) is 1.78. The van der Waals surface area contributed by atoms with E-state index in [0.29, 0.717) is 53.1 Å². The van der Waals surface area contributed by atoms with Crippen molar-refractivity contribution in [2.24, 2.45) is 0 Å². The Bertz CT molecular complexity index is 649. The Morgan fingerprint density at radius 1 is 0.870 bits per heavy atom. The van der Waals surface area contributed by atoms with Gasteiger partial charge in [-0.3, -0.25) is 0 Å². The first kappa shape index (κ1) is 17.6. The Kier molecular flexibility index (Phi) is 6.71. The first-order chi connectivity index (χ1) is 11.2. The van der Waals surface area contributed by atoms with Gasteiger partial charge in [0.2, 0.25) is 5.75 Å². The van der Waals surface area contributed by atoms with Gasteiger partial charge >= 0.3 is 0 Å². The second-order valence-electron chi connectivity index (χ2n) is 5.14. The molecule has 2 aromatic rings. The summed E-state index contributed by atoms with van der Waals surface area (Å²) >= 11 is 6.28. The maximum absolute atomic E-state index is 6.28. The molecular weight excluding hydrogens is 316 g/mol. The van der Waals surface area contributed by atoms with Crippen LogP contribution in [0, 0.1) is 0 Å². The van der Waals surface area contributed by atoms with E-state index in [4.69, 9.17) is 25.8 Å². The monoisotopic (exact) mass is 338 g/mol. The van der Waals surface area contributed by atoms with Gasteiger partial charge in [0.1, 0.15) is 11.5 Å². The largest absolute Gasteiger partial charge is 0.489 e. The number of benzene rings is 1. The van der Waals surface area contributed by atoms with E-state index in [1.54, 1.807) is 0 Å². The van der Waals surface area contributed by atoms with E-state index in [2.05, 4.69) is 23.8 Å². The second-order valence-corrected chi connectivity index (χ2v) is 5.49. The summed E-state index contributed by atoms with van der Waals surface area (Å²) in [7, 11) is 0. The van der Waals surface area contributed by atoms with Crippen LogP contribution in [0.5, 0.6) is 17.2 Å². The van der Waals surface area contributed by atoms with Gasteiger partial charge in [-0.15, -0.1) is 0 Å². The molecule has 0 atom stereocenters. The van der Waals surface area contributed by atoms with Gasteiger partial charge in [-0.1, -0.05) is 32.4 Å². The minimum atomic E-state index is 0.351. The van der Waals surface area contributed by atoms with Crippen molar-refractivity contribution in [1.82, 2.24) is 9.97 Å². The van der Waals surface area contributed by atoms with Crippen LogP contribution in [0.25, 0.3) is 10.9 Å². The highest BCUT2D eigenvalue weighted by Crippen LogP contribution is 2.45. The molecule has 0 aliphatic carbocycles. The predicted molar refractivity (Wildman–Crippen MR) is 91.9 cm³/mol. The smallest absolute Gasteiger partial charge is 0.204 e. The van der Waals surface area contributed by atoms with Crippen LogP contribution in [0.2, 0.25) is 5.15 Å². The van der Waals surface area contributed by atoms with Crippen LogP contribution < -0.4 is 14.2 Å². The van der Waals surface area contributed by atoms with Crippen LogP contribution in [0.3, 0.4) is 0 Å². The van der Waals surface area contributed by atoms with E-state index in [1.165, 1.54) is 6.33 Å². The molecular formula is C17H23ClN2O3. The molecule has 23 heavy (non-hydrogen) atoms. The van der Waals surface area contributed by atoms with Crippen molar-refractivity contribution in [3.63, 3.8) is 0 Å². The zero-order valence-electron chi connectivity index (χ0n) is 13.9. The molecule has 0 saturated heterocycles. The lowest BCUT2D eigenvalue weighted by Gasteiger charge is -2.18. The molecule has 0 radical (unpaired) electrons. The van der Waals surface area contributed by atoms with E-state index < -0.39 is 0 Å². The van der Waals surface area contributed by atoms with Crippen molar-refractivity contribution in [1.29, 1.82) is 0 Å². The number of aromatic nitrogens is 2. The van der Waals surface area contributed by atoms with Crippen molar-refractivity contribution < 1.29 is 14.2 Å². The minimum Gasteiger partial charge on any atom is -0.489 e. The highest BCUT2D eigenvalue weighted by Gasteiger charge is 2.21. The maximum atomic E-state index is 6.28. The molecule has 1 aromatic heterocycles. The summed E-state index contributed by atoms with van der Waals surface area (Å²) in [6.07, 6.45) is 4.10. The topological polar surface area (TPSA) is 53.5 Å². The van der Waals surface area contributed by atoms with Gasteiger partial charge in [0.05, 0.1) is 30.7 Å². The first-order valence-corrected chi connectivity index (χ1v) is 8.46. The SMILES string of the molecule is CCCOc1cc2ncnc(Cl)c2c(OCCC)c1OCCC. The van der Waals surface area contributed by atoms with Gasteiger partial charge in [-0.05, 0) is 19.3 Å². The van der Waals surface area contributed by atoms with E-state index in [-0.39, 0.29) is 0 Å². The molecule has 0 aliphatic heterocycles. The molecule has 6 heteroatoms. The summed E-state index contributed by atoms with van der Waals surface area (Å²) in [5, 5.41) is 1.02. The van der Waals surface area contributed by atoms with Crippen molar-refractivity contribution >= 4 is 22.5 Å². The number of fused-ring (bicyclic) bond motifs is 1. The summed E-state index contributed by atoms with van der Waals surface area (Å²) in [6.45, 7) is 7.88. The summed E-state index contributed by atoms with van der Waals surface area (Å²) in [5.41, 5.74) is 0.686. The number of nitrogens with zero attached hydrogens (tertiary/aromatic N) is 2. The third kappa shape index (κ3) is 4.16. The third-order valence-electron chi connectivity index (χ3n) is 3.12. The van der Waals surface area contributed by atoms with Crippen molar-refractivity contribution in [3.05, 3.63) is 17.5 Å². The minimum absolute atomic E-state index is 0.351. The van der Waals surface area contributed by atoms with Crippen molar-refractivity contribution in [2.75, 3.05) is 19.8 Å². The summed E-state index contributed by atoms with van der Waals surface area (Å²) < 4.78 is 17.7. The van der Waals surface area contributed by atoms with Crippen LogP contribution in [0.15, 0.2) is 12.4 Å². The number of ether oxygens (including phenoxy) is 3. The molecule has 0 N–H and O–H groups in total. The fraction of sp³-hybridized carbons (Fsp3) is 0.529. The lowest BCUT2D eigenvalue weighted by Crippen LogP contribution is -2.06. The lowest BCUT2D eigenvalue weighted by molar-refractivity contribution is 0.245. The van der Waals surface area contributed by atoms with E-state index >= 15 is 0 Å². The molecule has 1 aromatic carbocycles. The lowest BCUT2D eigenvalue weighted by atomic mass is 10.2. The number of halogens is 1. The third-order valence-corrected chi connectivity index (χ3v) is 3.40. The maximum Gasteiger partial charge on any atom is 0.204 e. The molecule has 0 fully saturated rings. The molecule has 0 spiro atoms. The Morgan fingerprint density at radius 2 is 1.48 bits per heavy atom. The van der Waals surface area contributed by atoms with Crippen LogP contribution in [0.4, 0.5) is 0 Å².